The van der Waals surface area contributed by atoms with E-state index in [9.17, 15) is 4.79 Å². The molecular weight excluding hydrogens is 509 g/mol. The Morgan fingerprint density at radius 2 is 2.04 bits per heavy atom. The van der Waals surface area contributed by atoms with Gasteiger partial charge in [-0.25, -0.2) is 0 Å². The van der Waals surface area contributed by atoms with Gasteiger partial charge in [0.25, 0.3) is 0 Å². The van der Waals surface area contributed by atoms with Crippen LogP contribution in [0.2, 0.25) is 5.02 Å². The summed E-state index contributed by atoms with van der Waals surface area (Å²) in [4.78, 5) is 17.1. The number of carbonyl (C=O) groups excluding carboxylic acids is 1. The van der Waals surface area contributed by atoms with Gasteiger partial charge in [-0.05, 0) is 59.1 Å². The monoisotopic (exact) mass is 521 g/mol. The summed E-state index contributed by atoms with van der Waals surface area (Å²) >= 11 is 13.3. The number of hydrogen-bond acceptors (Lipinski definition) is 4. The second-order valence-corrected chi connectivity index (χ2v) is 8.57. The summed E-state index contributed by atoms with van der Waals surface area (Å²) in [5.74, 6) is -0.0176. The Kier molecular flexibility index (Phi) is 5.21. The van der Waals surface area contributed by atoms with Gasteiger partial charge in [-0.2, -0.15) is 0 Å². The molecule has 2 aromatic heterocycles. The first-order valence-electron chi connectivity index (χ1n) is 8.46. The summed E-state index contributed by atoms with van der Waals surface area (Å²) in [5.41, 5.74) is 3.88. The van der Waals surface area contributed by atoms with E-state index in [1.807, 2.05) is 38.1 Å². The van der Waals surface area contributed by atoms with Gasteiger partial charge in [0, 0.05) is 32.0 Å². The topological polar surface area (TPSA) is 52.3 Å². The molecule has 4 nitrogen and oxygen atoms in total. The second kappa shape index (κ2) is 7.50. The Bertz CT molecular complexity index is 1250. The maximum Gasteiger partial charge on any atom is 0.315 e. The van der Waals surface area contributed by atoms with E-state index in [4.69, 9.17) is 20.8 Å². The van der Waals surface area contributed by atoms with Crippen molar-refractivity contribution >= 4 is 71.3 Å². The lowest BCUT2D eigenvalue weighted by Crippen LogP contribution is -2.12. The fourth-order valence-corrected chi connectivity index (χ4v) is 4.79. The van der Waals surface area contributed by atoms with Crippen LogP contribution in [-0.4, -0.2) is 11.0 Å². The summed E-state index contributed by atoms with van der Waals surface area (Å²) in [6, 6.07) is 7.46. The number of pyridine rings is 1. The molecular formula is C21H14Br2ClNO3. The molecule has 0 bridgehead atoms. The van der Waals surface area contributed by atoms with Crippen LogP contribution in [0.4, 0.5) is 0 Å². The molecule has 4 rings (SSSR count). The predicted molar refractivity (Wildman–Crippen MR) is 117 cm³/mol. The van der Waals surface area contributed by atoms with E-state index in [2.05, 4.69) is 36.8 Å². The van der Waals surface area contributed by atoms with E-state index in [-0.39, 0.29) is 6.42 Å². The van der Waals surface area contributed by atoms with Gasteiger partial charge < -0.3 is 9.15 Å². The van der Waals surface area contributed by atoms with E-state index in [1.165, 1.54) is 0 Å². The van der Waals surface area contributed by atoms with Crippen molar-refractivity contribution in [1.82, 2.24) is 4.98 Å². The van der Waals surface area contributed by atoms with Crippen LogP contribution >= 0.6 is 43.5 Å². The molecule has 0 saturated heterocycles. The molecule has 2 aromatic carbocycles. The highest BCUT2D eigenvalue weighted by atomic mass is 79.9. The van der Waals surface area contributed by atoms with Crippen molar-refractivity contribution in [2.75, 3.05) is 0 Å². The van der Waals surface area contributed by atoms with E-state index < -0.39 is 5.97 Å². The maximum atomic E-state index is 12.7. The van der Waals surface area contributed by atoms with Crippen molar-refractivity contribution in [2.24, 2.45) is 0 Å². The van der Waals surface area contributed by atoms with Gasteiger partial charge in [0.15, 0.2) is 5.75 Å². The van der Waals surface area contributed by atoms with Gasteiger partial charge in [0.1, 0.15) is 11.1 Å². The number of esters is 1. The average molecular weight is 524 g/mol. The summed E-state index contributed by atoms with van der Waals surface area (Å²) in [6.07, 6.45) is 3.31. The molecule has 0 aliphatic rings. The largest absolute Gasteiger partial charge is 0.464 e. The number of nitrogens with zero attached hydrogens (tertiary/aromatic N) is 1. The first-order valence-corrected chi connectivity index (χ1v) is 10.4. The van der Waals surface area contributed by atoms with Gasteiger partial charge >= 0.3 is 5.97 Å². The Morgan fingerprint density at radius 1 is 1.25 bits per heavy atom. The van der Waals surface area contributed by atoms with Gasteiger partial charge in [-0.1, -0.05) is 33.6 Å². The molecule has 2 heterocycles. The summed E-state index contributed by atoms with van der Waals surface area (Å²) in [7, 11) is 0. The number of rotatable bonds is 3. The molecule has 142 valence electrons. The highest BCUT2D eigenvalue weighted by molar-refractivity contribution is 9.11. The van der Waals surface area contributed by atoms with Crippen molar-refractivity contribution in [3.63, 3.8) is 0 Å². The Labute approximate surface area is 183 Å². The highest BCUT2D eigenvalue weighted by Crippen LogP contribution is 2.38. The molecule has 0 atom stereocenters. The van der Waals surface area contributed by atoms with Crippen LogP contribution in [0.5, 0.6) is 5.75 Å². The van der Waals surface area contributed by atoms with E-state index in [0.717, 1.165) is 31.9 Å². The van der Waals surface area contributed by atoms with Crippen LogP contribution < -0.4 is 4.74 Å². The molecule has 0 unspecified atom stereocenters. The van der Waals surface area contributed by atoms with E-state index in [0.29, 0.717) is 26.3 Å². The minimum atomic E-state index is -0.409. The number of aryl methyl sites for hydroxylation is 2. The zero-order valence-electron chi connectivity index (χ0n) is 15.0. The van der Waals surface area contributed by atoms with Crippen LogP contribution in [0.1, 0.15) is 16.7 Å². The minimum Gasteiger partial charge on any atom is -0.464 e. The van der Waals surface area contributed by atoms with E-state index in [1.54, 1.807) is 12.5 Å². The van der Waals surface area contributed by atoms with Crippen LogP contribution in [-0.2, 0) is 11.2 Å². The van der Waals surface area contributed by atoms with Crippen molar-refractivity contribution in [3.05, 3.63) is 67.4 Å². The number of fused-ring (bicyclic) bond motifs is 2. The van der Waals surface area contributed by atoms with Crippen molar-refractivity contribution in [1.29, 1.82) is 0 Å². The zero-order chi connectivity index (χ0) is 20.0. The number of halogens is 3. The molecule has 4 aromatic rings. The van der Waals surface area contributed by atoms with Gasteiger partial charge in [0.2, 0.25) is 0 Å². The number of furan rings is 1. The third-order valence-electron chi connectivity index (χ3n) is 4.59. The standard InChI is InChI=1S/C21H14Br2ClNO3/c1-10-6-16-18(11(2)19(10)24)12(9-27-16)7-17(26)28-21-15(23)8-14(22)13-4-3-5-25-20(13)21/h3-6,8-9H,7H2,1-2H3. The summed E-state index contributed by atoms with van der Waals surface area (Å²) in [6.45, 7) is 3.85. The molecule has 0 aliphatic heterocycles. The second-order valence-electron chi connectivity index (χ2n) is 6.49. The molecule has 0 radical (unpaired) electrons. The van der Waals surface area contributed by atoms with Crippen molar-refractivity contribution < 1.29 is 13.9 Å². The maximum absolute atomic E-state index is 12.7. The number of benzene rings is 2. The van der Waals surface area contributed by atoms with Gasteiger partial charge in [0.05, 0.1) is 17.2 Å². The molecule has 0 N–H and O–H groups in total. The highest BCUT2D eigenvalue weighted by Gasteiger charge is 2.19. The first kappa shape index (κ1) is 19.4. The van der Waals surface area contributed by atoms with Gasteiger partial charge in [-0.3, -0.25) is 9.78 Å². The Balaban J connectivity index is 1.69. The SMILES string of the molecule is Cc1cc2occ(CC(=O)Oc3c(Br)cc(Br)c4cccnc34)c2c(C)c1Cl. The fourth-order valence-electron chi connectivity index (χ4n) is 3.29. The molecule has 0 amide bonds. The third-order valence-corrected chi connectivity index (χ3v) is 6.42. The smallest absolute Gasteiger partial charge is 0.315 e. The predicted octanol–water partition coefficient (Wildman–Crippen LogP) is 6.92. The normalized spacial score (nSPS) is 11.3. The quantitative estimate of drug-likeness (QED) is 0.216. The number of carbonyl (C=O) groups is 1. The number of aromatic nitrogens is 1. The average Bonchev–Trinajstić information content (AvgIpc) is 3.05. The van der Waals surface area contributed by atoms with Crippen LogP contribution in [0.3, 0.4) is 0 Å². The number of ether oxygens (including phenoxy) is 1. The fraction of sp³-hybridized carbons (Fsp3) is 0.143. The lowest BCUT2D eigenvalue weighted by atomic mass is 10.0. The Hall–Kier alpha value is -1.89. The van der Waals surface area contributed by atoms with Crippen LogP contribution in [0.15, 0.2) is 50.1 Å². The minimum absolute atomic E-state index is 0.0596. The van der Waals surface area contributed by atoms with Crippen LogP contribution in [0.25, 0.3) is 21.9 Å². The van der Waals surface area contributed by atoms with Crippen LogP contribution in [0, 0.1) is 13.8 Å². The third kappa shape index (κ3) is 3.34. The summed E-state index contributed by atoms with van der Waals surface area (Å²) < 4.78 is 12.8. The molecule has 0 aliphatic carbocycles. The van der Waals surface area contributed by atoms with Crippen molar-refractivity contribution in [2.45, 2.75) is 20.3 Å². The molecule has 0 spiro atoms. The van der Waals surface area contributed by atoms with E-state index >= 15 is 0 Å². The van der Waals surface area contributed by atoms with Crippen molar-refractivity contribution in [3.8, 4) is 5.75 Å². The molecule has 7 heteroatoms. The first-order chi connectivity index (χ1) is 13.4. The Morgan fingerprint density at radius 3 is 2.82 bits per heavy atom. The molecule has 0 fully saturated rings. The summed E-state index contributed by atoms with van der Waals surface area (Å²) in [5, 5.41) is 2.39. The number of hydrogen-bond donors (Lipinski definition) is 0. The molecule has 28 heavy (non-hydrogen) atoms. The lowest BCUT2D eigenvalue weighted by Gasteiger charge is -2.11. The molecule has 0 saturated carbocycles. The lowest BCUT2D eigenvalue weighted by molar-refractivity contribution is -0.133. The van der Waals surface area contributed by atoms with Gasteiger partial charge in [-0.15, -0.1) is 0 Å². The zero-order valence-corrected chi connectivity index (χ0v) is 18.9.